The van der Waals surface area contributed by atoms with Crippen molar-refractivity contribution in [3.63, 3.8) is 0 Å². The van der Waals surface area contributed by atoms with E-state index in [9.17, 15) is 0 Å². The molecule has 0 aliphatic carbocycles. The summed E-state index contributed by atoms with van der Waals surface area (Å²) in [7, 11) is 2.22. The van der Waals surface area contributed by atoms with Crippen LogP contribution in [0.15, 0.2) is 41.8 Å². The second-order valence-electron chi connectivity index (χ2n) is 6.55. The first kappa shape index (κ1) is 16.1. The first-order valence-corrected chi connectivity index (χ1v) is 8.35. The number of hydrogen-bond donors (Lipinski definition) is 1. The molecule has 0 saturated heterocycles. The minimum Gasteiger partial charge on any atom is -0.399 e. The Kier molecular flexibility index (Phi) is 5.07. The Morgan fingerprint density at radius 3 is 2.43 bits per heavy atom. The van der Waals surface area contributed by atoms with Crippen molar-refractivity contribution in [3.05, 3.63) is 52.2 Å². The lowest BCUT2D eigenvalue weighted by Crippen LogP contribution is -2.40. The fourth-order valence-corrected chi connectivity index (χ4v) is 3.51. The van der Waals surface area contributed by atoms with Crippen molar-refractivity contribution in [2.75, 3.05) is 19.3 Å². The van der Waals surface area contributed by atoms with E-state index in [2.05, 4.69) is 62.4 Å². The van der Waals surface area contributed by atoms with Crippen molar-refractivity contribution in [1.29, 1.82) is 0 Å². The van der Waals surface area contributed by atoms with Gasteiger partial charge in [0.1, 0.15) is 0 Å². The number of nitrogen functional groups attached to an aromatic ring is 1. The molecule has 2 N–H and O–H groups in total. The lowest BCUT2D eigenvalue weighted by atomic mass is 9.83. The number of hydrogen-bond acceptors (Lipinski definition) is 3. The first-order valence-electron chi connectivity index (χ1n) is 7.47. The van der Waals surface area contributed by atoms with E-state index in [1.54, 1.807) is 0 Å². The molecule has 0 aliphatic rings. The summed E-state index contributed by atoms with van der Waals surface area (Å²) in [6.07, 6.45) is 1.12. The lowest BCUT2D eigenvalue weighted by molar-refractivity contribution is 0.211. The summed E-state index contributed by atoms with van der Waals surface area (Å²) in [5, 5.41) is 2.15. The Labute approximate surface area is 132 Å². The quantitative estimate of drug-likeness (QED) is 0.811. The van der Waals surface area contributed by atoms with Gasteiger partial charge in [0.25, 0.3) is 0 Å². The second-order valence-corrected chi connectivity index (χ2v) is 7.59. The highest BCUT2D eigenvalue weighted by molar-refractivity contribution is 7.09. The van der Waals surface area contributed by atoms with Gasteiger partial charge in [-0.3, -0.25) is 0 Å². The average molecular weight is 302 g/mol. The summed E-state index contributed by atoms with van der Waals surface area (Å²) in [5.41, 5.74) is 8.07. The highest BCUT2D eigenvalue weighted by atomic mass is 32.1. The highest BCUT2D eigenvalue weighted by Gasteiger charge is 2.24. The SMILES string of the molecule is CC(Cc1cccs1)N(C)CC(C)(C)c1ccc(N)cc1. The molecule has 1 atom stereocenters. The molecular weight excluding hydrogens is 276 g/mol. The van der Waals surface area contributed by atoms with Crippen molar-refractivity contribution < 1.29 is 0 Å². The molecule has 114 valence electrons. The first-order chi connectivity index (χ1) is 9.88. The molecule has 0 radical (unpaired) electrons. The smallest absolute Gasteiger partial charge is 0.0314 e. The van der Waals surface area contributed by atoms with Gasteiger partial charge < -0.3 is 10.6 Å². The van der Waals surface area contributed by atoms with Crippen LogP contribution < -0.4 is 5.73 Å². The topological polar surface area (TPSA) is 29.3 Å². The average Bonchev–Trinajstić information content (AvgIpc) is 2.91. The Balaban J connectivity index is 1.99. The third kappa shape index (κ3) is 4.32. The van der Waals surface area contributed by atoms with Crippen molar-refractivity contribution in [2.45, 2.75) is 38.6 Å². The van der Waals surface area contributed by atoms with Gasteiger partial charge in [0.05, 0.1) is 0 Å². The van der Waals surface area contributed by atoms with Gasteiger partial charge in [-0.1, -0.05) is 32.0 Å². The van der Waals surface area contributed by atoms with Crippen molar-refractivity contribution >= 4 is 17.0 Å². The summed E-state index contributed by atoms with van der Waals surface area (Å²) in [5.74, 6) is 0. The van der Waals surface area contributed by atoms with Gasteiger partial charge in [0.15, 0.2) is 0 Å². The number of nitrogens with two attached hydrogens (primary N) is 1. The standard InChI is InChI=1S/C18H26N2S/c1-14(12-17-6-5-11-21-17)20(4)13-18(2,3)15-7-9-16(19)10-8-15/h5-11,14H,12-13,19H2,1-4H3. The van der Waals surface area contributed by atoms with Gasteiger partial charge in [-0.15, -0.1) is 11.3 Å². The van der Waals surface area contributed by atoms with E-state index in [0.29, 0.717) is 6.04 Å². The van der Waals surface area contributed by atoms with Crippen LogP contribution in [0.5, 0.6) is 0 Å². The molecule has 2 aromatic rings. The van der Waals surface area contributed by atoms with E-state index in [0.717, 1.165) is 18.7 Å². The summed E-state index contributed by atoms with van der Waals surface area (Å²) >= 11 is 1.84. The van der Waals surface area contributed by atoms with Crippen LogP contribution in [0.2, 0.25) is 0 Å². The van der Waals surface area contributed by atoms with Gasteiger partial charge >= 0.3 is 0 Å². The molecule has 0 aliphatic heterocycles. The van der Waals surface area contributed by atoms with Crippen LogP contribution in [0.1, 0.15) is 31.2 Å². The van der Waals surface area contributed by atoms with Gasteiger partial charge in [0, 0.05) is 28.6 Å². The molecule has 1 unspecified atom stereocenters. The summed E-state index contributed by atoms with van der Waals surface area (Å²) in [6, 6.07) is 13.2. The fraction of sp³-hybridized carbons (Fsp3) is 0.444. The summed E-state index contributed by atoms with van der Waals surface area (Å²) in [6.45, 7) is 7.93. The Bertz CT molecular complexity index is 543. The molecule has 1 heterocycles. The van der Waals surface area contributed by atoms with Gasteiger partial charge in [-0.05, 0) is 49.5 Å². The maximum Gasteiger partial charge on any atom is 0.0314 e. The van der Waals surface area contributed by atoms with Crippen molar-refractivity contribution in [1.82, 2.24) is 4.90 Å². The molecule has 0 fully saturated rings. The predicted octanol–water partition coefficient (Wildman–Crippen LogP) is 4.17. The molecule has 0 amide bonds. The summed E-state index contributed by atoms with van der Waals surface area (Å²) < 4.78 is 0. The van der Waals surface area contributed by atoms with E-state index in [1.165, 1.54) is 10.4 Å². The molecule has 0 saturated carbocycles. The number of thiophene rings is 1. The van der Waals surface area contributed by atoms with E-state index in [4.69, 9.17) is 5.73 Å². The number of benzene rings is 1. The second kappa shape index (κ2) is 6.63. The third-order valence-electron chi connectivity index (χ3n) is 4.17. The van der Waals surface area contributed by atoms with Crippen LogP contribution in [0.25, 0.3) is 0 Å². The van der Waals surface area contributed by atoms with Crippen LogP contribution in [-0.2, 0) is 11.8 Å². The van der Waals surface area contributed by atoms with E-state index >= 15 is 0 Å². The minimum atomic E-state index is 0.117. The monoisotopic (exact) mass is 302 g/mol. The van der Waals surface area contributed by atoms with Gasteiger partial charge in [-0.2, -0.15) is 0 Å². The zero-order valence-electron chi connectivity index (χ0n) is 13.5. The van der Waals surface area contributed by atoms with Crippen LogP contribution in [0, 0.1) is 0 Å². The zero-order chi connectivity index (χ0) is 15.5. The van der Waals surface area contributed by atoms with E-state index in [1.807, 2.05) is 23.5 Å². The molecular formula is C18H26N2S. The maximum absolute atomic E-state index is 5.79. The summed E-state index contributed by atoms with van der Waals surface area (Å²) in [4.78, 5) is 3.91. The van der Waals surface area contributed by atoms with Gasteiger partial charge in [0.2, 0.25) is 0 Å². The number of anilines is 1. The predicted molar refractivity (Wildman–Crippen MR) is 94.0 cm³/mol. The van der Waals surface area contributed by atoms with Crippen LogP contribution in [0.4, 0.5) is 5.69 Å². The Morgan fingerprint density at radius 1 is 1.19 bits per heavy atom. The highest BCUT2D eigenvalue weighted by Crippen LogP contribution is 2.26. The molecule has 0 spiro atoms. The molecule has 2 rings (SSSR count). The molecule has 1 aromatic heterocycles. The zero-order valence-corrected chi connectivity index (χ0v) is 14.3. The number of likely N-dealkylation sites (N-methyl/N-ethyl adjacent to an activating group) is 1. The normalized spacial score (nSPS) is 13.6. The van der Waals surface area contributed by atoms with Gasteiger partial charge in [-0.25, -0.2) is 0 Å². The van der Waals surface area contributed by atoms with Crippen molar-refractivity contribution in [2.24, 2.45) is 0 Å². The number of rotatable bonds is 6. The van der Waals surface area contributed by atoms with Crippen molar-refractivity contribution in [3.8, 4) is 0 Å². The fourth-order valence-electron chi connectivity index (χ4n) is 2.68. The minimum absolute atomic E-state index is 0.117. The molecule has 21 heavy (non-hydrogen) atoms. The maximum atomic E-state index is 5.79. The molecule has 3 heteroatoms. The van der Waals surface area contributed by atoms with Crippen LogP contribution in [-0.4, -0.2) is 24.5 Å². The Morgan fingerprint density at radius 2 is 1.86 bits per heavy atom. The number of nitrogens with zero attached hydrogens (tertiary/aromatic N) is 1. The molecule has 2 nitrogen and oxygen atoms in total. The van der Waals surface area contributed by atoms with E-state index in [-0.39, 0.29) is 5.41 Å². The van der Waals surface area contributed by atoms with E-state index < -0.39 is 0 Å². The van der Waals surface area contributed by atoms with Crippen LogP contribution in [0.3, 0.4) is 0 Å². The Hall–Kier alpha value is -1.32. The van der Waals surface area contributed by atoms with Crippen LogP contribution >= 0.6 is 11.3 Å². The third-order valence-corrected chi connectivity index (χ3v) is 5.06. The molecule has 1 aromatic carbocycles. The lowest BCUT2D eigenvalue weighted by Gasteiger charge is -2.34. The molecule has 0 bridgehead atoms. The largest absolute Gasteiger partial charge is 0.399 e.